The second-order valence-corrected chi connectivity index (χ2v) is 6.30. The van der Waals surface area contributed by atoms with E-state index in [1.54, 1.807) is 37.6 Å². The Morgan fingerprint density at radius 3 is 2.65 bits per heavy atom. The summed E-state index contributed by atoms with van der Waals surface area (Å²) < 4.78 is 12.2. The van der Waals surface area contributed by atoms with Gasteiger partial charge in [-0.3, -0.25) is 4.79 Å². The number of carbonyl (C=O) groups is 1. The van der Waals surface area contributed by atoms with Crippen LogP contribution in [0.3, 0.4) is 0 Å². The second kappa shape index (κ2) is 6.48. The van der Waals surface area contributed by atoms with Crippen molar-refractivity contribution in [2.24, 2.45) is 0 Å². The monoisotopic (exact) mass is 387 g/mol. The maximum Gasteiger partial charge on any atom is 0.323 e. The van der Waals surface area contributed by atoms with Gasteiger partial charge >= 0.3 is 6.01 Å². The summed E-state index contributed by atoms with van der Waals surface area (Å²) in [5, 5.41) is 5.24. The first-order valence-electron chi connectivity index (χ1n) is 7.54. The van der Waals surface area contributed by atoms with Crippen LogP contribution in [-0.2, 0) is 0 Å². The van der Waals surface area contributed by atoms with Gasteiger partial charge in [-0.25, -0.2) is 0 Å². The van der Waals surface area contributed by atoms with E-state index in [0.717, 1.165) is 11.8 Å². The predicted molar refractivity (Wildman–Crippen MR) is 98.5 cm³/mol. The highest BCUT2D eigenvalue weighted by molar-refractivity contribution is 6.38. The number of aromatic nitrogens is 3. The van der Waals surface area contributed by atoms with Crippen LogP contribution < -0.4 is 4.74 Å². The highest BCUT2D eigenvalue weighted by Crippen LogP contribution is 2.30. The van der Waals surface area contributed by atoms with Crippen molar-refractivity contribution in [3.05, 3.63) is 58.2 Å². The molecule has 0 spiro atoms. The van der Waals surface area contributed by atoms with Gasteiger partial charge in [-0.2, -0.15) is 14.8 Å². The molecule has 0 N–H and O–H groups in total. The van der Waals surface area contributed by atoms with Crippen LogP contribution in [0.25, 0.3) is 28.4 Å². The van der Waals surface area contributed by atoms with Crippen molar-refractivity contribution in [1.82, 2.24) is 14.8 Å². The van der Waals surface area contributed by atoms with E-state index in [-0.39, 0.29) is 6.01 Å². The van der Waals surface area contributed by atoms with Crippen LogP contribution in [0.2, 0.25) is 10.0 Å². The molecule has 26 heavy (non-hydrogen) atoms. The molecule has 0 radical (unpaired) electrons. The first kappa shape index (κ1) is 16.6. The zero-order chi connectivity index (χ0) is 18.3. The van der Waals surface area contributed by atoms with Gasteiger partial charge in [0.25, 0.3) is 0 Å². The average molecular weight is 388 g/mol. The molecule has 2 heterocycles. The van der Waals surface area contributed by atoms with E-state index < -0.39 is 0 Å². The number of fused-ring (bicyclic) bond motifs is 1. The molecule has 2 aromatic carbocycles. The molecule has 130 valence electrons. The zero-order valence-electron chi connectivity index (χ0n) is 13.4. The highest BCUT2D eigenvalue weighted by Gasteiger charge is 2.17. The maximum absolute atomic E-state index is 11.5. The lowest BCUT2D eigenvalue weighted by molar-refractivity contribution is 0.112. The Hall–Kier alpha value is -2.83. The van der Waals surface area contributed by atoms with E-state index in [1.807, 2.05) is 12.1 Å². The third-order valence-corrected chi connectivity index (χ3v) is 4.33. The first-order chi connectivity index (χ1) is 12.6. The number of halogens is 2. The van der Waals surface area contributed by atoms with Crippen molar-refractivity contribution in [1.29, 1.82) is 0 Å². The van der Waals surface area contributed by atoms with E-state index >= 15 is 0 Å². The molecule has 0 bridgehead atoms. The summed E-state index contributed by atoms with van der Waals surface area (Å²) in [5.74, 6) is 0.714. The maximum atomic E-state index is 11.5. The molecule has 0 aliphatic carbocycles. The molecule has 8 heteroatoms. The Morgan fingerprint density at radius 1 is 1.19 bits per heavy atom. The van der Waals surface area contributed by atoms with E-state index in [1.165, 1.54) is 4.68 Å². The van der Waals surface area contributed by atoms with Crippen LogP contribution in [0, 0.1) is 0 Å². The SMILES string of the molecule is COc1ccc(-c2nn(-c3nc4cc(Cl)cc(Cl)c4o3)cc2C=O)cc1. The van der Waals surface area contributed by atoms with E-state index in [4.69, 9.17) is 32.4 Å². The van der Waals surface area contributed by atoms with Crippen molar-refractivity contribution in [2.45, 2.75) is 0 Å². The number of rotatable bonds is 4. The standard InChI is InChI=1S/C18H11Cl2N3O3/c1-25-13-4-2-10(3-5-13)16-11(9-24)8-23(22-16)18-21-15-7-12(19)6-14(20)17(15)26-18/h2-9H,1H3. The Bertz CT molecular complexity index is 1120. The number of nitrogens with zero attached hydrogens (tertiary/aromatic N) is 3. The number of oxazole rings is 1. The number of hydrogen-bond donors (Lipinski definition) is 0. The lowest BCUT2D eigenvalue weighted by Gasteiger charge is -2.01. The van der Waals surface area contributed by atoms with Crippen molar-refractivity contribution in [3.8, 4) is 23.0 Å². The highest BCUT2D eigenvalue weighted by atomic mass is 35.5. The van der Waals surface area contributed by atoms with Crippen molar-refractivity contribution in [2.75, 3.05) is 7.11 Å². The number of methoxy groups -OCH3 is 1. The summed E-state index contributed by atoms with van der Waals surface area (Å²) in [6.07, 6.45) is 2.28. The van der Waals surface area contributed by atoms with Crippen LogP contribution in [0.1, 0.15) is 10.4 Å². The Labute approximate surface area is 157 Å². The first-order valence-corrected chi connectivity index (χ1v) is 8.30. The normalized spacial score (nSPS) is 11.0. The largest absolute Gasteiger partial charge is 0.497 e. The minimum absolute atomic E-state index is 0.187. The summed E-state index contributed by atoms with van der Waals surface area (Å²) in [6, 6.07) is 10.6. The molecule has 4 aromatic rings. The molecule has 0 aliphatic heterocycles. The van der Waals surface area contributed by atoms with E-state index in [9.17, 15) is 4.79 Å². The van der Waals surface area contributed by atoms with E-state index in [0.29, 0.717) is 38.2 Å². The number of ether oxygens (including phenoxy) is 1. The average Bonchev–Trinajstić information content (AvgIpc) is 3.25. The fourth-order valence-corrected chi connectivity index (χ4v) is 3.11. The smallest absolute Gasteiger partial charge is 0.323 e. The molecule has 6 nitrogen and oxygen atoms in total. The number of benzene rings is 2. The number of carbonyl (C=O) groups excluding carboxylic acids is 1. The molecule has 0 amide bonds. The van der Waals surface area contributed by atoms with Gasteiger partial charge in [-0.05, 0) is 36.4 Å². The van der Waals surface area contributed by atoms with Crippen molar-refractivity contribution in [3.63, 3.8) is 0 Å². The molecule has 0 atom stereocenters. The van der Waals surface area contributed by atoms with Gasteiger partial charge < -0.3 is 9.15 Å². The molecular formula is C18H11Cl2N3O3. The quantitative estimate of drug-likeness (QED) is 0.470. The minimum atomic E-state index is 0.187. The minimum Gasteiger partial charge on any atom is -0.497 e. The molecule has 0 saturated carbocycles. The van der Waals surface area contributed by atoms with Gasteiger partial charge in [-0.15, -0.1) is 0 Å². The van der Waals surface area contributed by atoms with Gasteiger partial charge in [0.1, 0.15) is 17.0 Å². The third kappa shape index (κ3) is 2.83. The molecule has 0 aliphatic rings. The van der Waals surface area contributed by atoms with E-state index in [2.05, 4.69) is 10.1 Å². The lowest BCUT2D eigenvalue weighted by atomic mass is 10.1. The second-order valence-electron chi connectivity index (χ2n) is 5.46. The number of aldehydes is 1. The van der Waals surface area contributed by atoms with Gasteiger partial charge in [0, 0.05) is 16.8 Å². The van der Waals surface area contributed by atoms with Crippen LogP contribution in [0.5, 0.6) is 5.75 Å². The molecule has 4 rings (SSSR count). The van der Waals surface area contributed by atoms with Crippen molar-refractivity contribution < 1.29 is 13.9 Å². The Kier molecular flexibility index (Phi) is 4.14. The Morgan fingerprint density at radius 2 is 1.96 bits per heavy atom. The summed E-state index contributed by atoms with van der Waals surface area (Å²) >= 11 is 12.1. The van der Waals surface area contributed by atoms with Gasteiger partial charge in [0.05, 0.1) is 17.7 Å². The molecule has 0 unspecified atom stereocenters. The molecule has 2 aromatic heterocycles. The zero-order valence-corrected chi connectivity index (χ0v) is 15.0. The summed E-state index contributed by atoms with van der Waals surface area (Å²) in [6.45, 7) is 0. The van der Waals surface area contributed by atoms with Crippen LogP contribution in [0.15, 0.2) is 47.0 Å². The summed E-state index contributed by atoms with van der Waals surface area (Å²) in [7, 11) is 1.59. The van der Waals surface area contributed by atoms with Crippen LogP contribution in [0.4, 0.5) is 0 Å². The van der Waals surface area contributed by atoms with Gasteiger partial charge in [0.15, 0.2) is 11.9 Å². The summed E-state index contributed by atoms with van der Waals surface area (Å²) in [4.78, 5) is 15.8. The van der Waals surface area contributed by atoms with Crippen LogP contribution in [-0.4, -0.2) is 28.2 Å². The summed E-state index contributed by atoms with van der Waals surface area (Å²) in [5.41, 5.74) is 2.59. The van der Waals surface area contributed by atoms with Crippen LogP contribution >= 0.6 is 23.2 Å². The van der Waals surface area contributed by atoms with Gasteiger partial charge in [-0.1, -0.05) is 23.2 Å². The molecule has 0 saturated heterocycles. The molecular weight excluding hydrogens is 377 g/mol. The third-order valence-electron chi connectivity index (χ3n) is 3.83. The lowest BCUT2D eigenvalue weighted by Crippen LogP contribution is -1.94. The van der Waals surface area contributed by atoms with Crippen molar-refractivity contribution >= 4 is 40.6 Å². The fraction of sp³-hybridized carbons (Fsp3) is 0.0556. The Balaban J connectivity index is 1.82. The predicted octanol–water partition coefficient (Wildman–Crippen LogP) is 4.81. The topological polar surface area (TPSA) is 70.2 Å². The van der Waals surface area contributed by atoms with Gasteiger partial charge in [0.2, 0.25) is 0 Å². The number of hydrogen-bond acceptors (Lipinski definition) is 5. The fourth-order valence-electron chi connectivity index (χ4n) is 2.59. The molecule has 0 fully saturated rings.